The Labute approximate surface area is 150 Å². The van der Waals surface area contributed by atoms with Crippen LogP contribution in [0.3, 0.4) is 0 Å². The Morgan fingerprint density at radius 2 is 2.04 bits per heavy atom. The lowest BCUT2D eigenvalue weighted by Gasteiger charge is -2.34. The number of ether oxygens (including phenoxy) is 1. The summed E-state index contributed by atoms with van der Waals surface area (Å²) in [6, 6.07) is 14.1. The topological polar surface area (TPSA) is 58.6 Å². The molecule has 0 saturated carbocycles. The van der Waals surface area contributed by atoms with E-state index in [1.807, 2.05) is 18.2 Å². The molecule has 2 amide bonds. The van der Waals surface area contributed by atoms with Crippen molar-refractivity contribution in [2.24, 2.45) is 0 Å². The highest BCUT2D eigenvalue weighted by atomic mass is 35.5. The van der Waals surface area contributed by atoms with E-state index in [0.717, 1.165) is 0 Å². The number of para-hydroxylation sites is 1. The van der Waals surface area contributed by atoms with Crippen molar-refractivity contribution in [1.82, 2.24) is 4.90 Å². The fraction of sp³-hybridized carbons (Fsp3) is 0.263. The number of nitrogens with one attached hydrogen (secondary N) is 1. The molecule has 2 aliphatic rings. The molecule has 128 valence electrons. The number of nitrogens with zero attached hydrogens (tertiary/aromatic N) is 1. The molecule has 1 N–H and O–H groups in total. The lowest BCUT2D eigenvalue weighted by atomic mass is 9.89. The molecule has 2 aromatic rings. The van der Waals surface area contributed by atoms with Crippen LogP contribution in [0.1, 0.15) is 23.2 Å². The van der Waals surface area contributed by atoms with Crippen LogP contribution in [-0.2, 0) is 0 Å². The standard InChI is InChI=1S/C19H17ClN2O3/c20-13-4-3-5-14(10-13)21-18(24)22-9-8-19(12-22)11-16(23)15-6-1-2-7-17(15)25-19/h1-7,10H,8-9,11-12H2,(H,21,24). The van der Waals surface area contributed by atoms with Crippen LogP contribution in [-0.4, -0.2) is 35.4 Å². The molecule has 0 aromatic heterocycles. The highest BCUT2D eigenvalue weighted by Crippen LogP contribution is 2.38. The van der Waals surface area contributed by atoms with Gasteiger partial charge in [0.2, 0.25) is 0 Å². The van der Waals surface area contributed by atoms with Crippen molar-refractivity contribution in [3.63, 3.8) is 0 Å². The van der Waals surface area contributed by atoms with Crippen molar-refractivity contribution >= 4 is 29.1 Å². The second-order valence-electron chi connectivity index (χ2n) is 6.49. The number of urea groups is 1. The average Bonchev–Trinajstić information content (AvgIpc) is 2.98. The van der Waals surface area contributed by atoms with Gasteiger partial charge in [-0.05, 0) is 30.3 Å². The number of carbonyl (C=O) groups excluding carboxylic acids is 2. The van der Waals surface area contributed by atoms with Gasteiger partial charge < -0.3 is 15.0 Å². The molecular formula is C19H17ClN2O3. The Kier molecular flexibility index (Phi) is 3.88. The van der Waals surface area contributed by atoms with Crippen LogP contribution in [0.25, 0.3) is 0 Å². The number of fused-ring (bicyclic) bond motifs is 1. The number of anilines is 1. The van der Waals surface area contributed by atoms with Gasteiger partial charge in [0.25, 0.3) is 0 Å². The first-order valence-electron chi connectivity index (χ1n) is 8.17. The molecule has 0 aliphatic carbocycles. The number of benzene rings is 2. The summed E-state index contributed by atoms with van der Waals surface area (Å²) in [5.41, 5.74) is 0.635. The number of ketones is 1. The van der Waals surface area contributed by atoms with Crippen molar-refractivity contribution < 1.29 is 14.3 Å². The Balaban J connectivity index is 1.48. The van der Waals surface area contributed by atoms with E-state index in [4.69, 9.17) is 16.3 Å². The van der Waals surface area contributed by atoms with Crippen molar-refractivity contribution in [1.29, 1.82) is 0 Å². The van der Waals surface area contributed by atoms with Crippen molar-refractivity contribution in [2.45, 2.75) is 18.4 Å². The van der Waals surface area contributed by atoms with Crippen LogP contribution >= 0.6 is 11.6 Å². The molecule has 2 heterocycles. The number of carbonyl (C=O) groups is 2. The zero-order valence-electron chi connectivity index (χ0n) is 13.5. The Bertz CT molecular complexity index is 854. The summed E-state index contributed by atoms with van der Waals surface area (Å²) in [4.78, 5) is 26.6. The molecule has 1 spiro atoms. The molecular weight excluding hydrogens is 340 g/mol. The predicted octanol–water partition coefficient (Wildman–Crippen LogP) is 3.98. The van der Waals surface area contributed by atoms with E-state index in [9.17, 15) is 9.59 Å². The summed E-state index contributed by atoms with van der Waals surface area (Å²) in [6.45, 7) is 0.932. The maximum absolute atomic E-state index is 12.5. The fourth-order valence-corrected chi connectivity index (χ4v) is 3.65. The minimum Gasteiger partial charge on any atom is -0.484 e. The SMILES string of the molecule is O=C1CC2(CCN(C(=O)Nc3cccc(Cl)c3)C2)Oc2ccccc21. The first-order valence-corrected chi connectivity index (χ1v) is 8.55. The van der Waals surface area contributed by atoms with Crippen LogP contribution in [0.4, 0.5) is 10.5 Å². The highest BCUT2D eigenvalue weighted by molar-refractivity contribution is 6.30. The molecule has 6 heteroatoms. The van der Waals surface area contributed by atoms with Gasteiger partial charge in [-0.1, -0.05) is 29.8 Å². The minimum absolute atomic E-state index is 0.0685. The van der Waals surface area contributed by atoms with Crippen molar-refractivity contribution in [3.05, 3.63) is 59.1 Å². The third kappa shape index (κ3) is 3.07. The molecule has 4 rings (SSSR count). The van der Waals surface area contributed by atoms with Crippen LogP contribution in [0.2, 0.25) is 5.02 Å². The molecule has 25 heavy (non-hydrogen) atoms. The maximum Gasteiger partial charge on any atom is 0.321 e. The first kappa shape index (κ1) is 16.0. The fourth-order valence-electron chi connectivity index (χ4n) is 3.46. The average molecular weight is 357 g/mol. The van der Waals surface area contributed by atoms with Gasteiger partial charge in [-0.15, -0.1) is 0 Å². The number of hydrogen-bond donors (Lipinski definition) is 1. The Morgan fingerprint density at radius 1 is 1.20 bits per heavy atom. The highest BCUT2D eigenvalue weighted by Gasteiger charge is 2.46. The summed E-state index contributed by atoms with van der Waals surface area (Å²) >= 11 is 5.95. The van der Waals surface area contributed by atoms with E-state index in [1.54, 1.807) is 35.2 Å². The minimum atomic E-state index is -0.628. The number of likely N-dealkylation sites (tertiary alicyclic amines) is 1. The van der Waals surface area contributed by atoms with E-state index < -0.39 is 5.60 Å². The number of hydrogen-bond acceptors (Lipinski definition) is 3. The quantitative estimate of drug-likeness (QED) is 0.840. The largest absolute Gasteiger partial charge is 0.484 e. The monoisotopic (exact) mass is 356 g/mol. The lowest BCUT2D eigenvalue weighted by Crippen LogP contribution is -2.45. The molecule has 0 radical (unpaired) electrons. The number of Topliss-reactive ketones (excluding diaryl/α,β-unsaturated/α-hetero) is 1. The summed E-state index contributed by atoms with van der Waals surface area (Å²) in [5, 5.41) is 3.40. The molecule has 0 bridgehead atoms. The van der Waals surface area contributed by atoms with Crippen LogP contribution < -0.4 is 10.1 Å². The molecule has 1 atom stereocenters. The Hall–Kier alpha value is -2.53. The molecule has 1 saturated heterocycles. The second-order valence-corrected chi connectivity index (χ2v) is 6.93. The summed E-state index contributed by atoms with van der Waals surface area (Å²) < 4.78 is 6.14. The van der Waals surface area contributed by atoms with E-state index in [2.05, 4.69) is 5.32 Å². The van der Waals surface area contributed by atoms with Crippen molar-refractivity contribution in [3.8, 4) is 5.75 Å². The zero-order valence-corrected chi connectivity index (χ0v) is 14.3. The summed E-state index contributed by atoms with van der Waals surface area (Å²) in [5.74, 6) is 0.676. The van der Waals surface area contributed by atoms with Gasteiger partial charge in [-0.3, -0.25) is 4.79 Å². The van der Waals surface area contributed by atoms with Crippen LogP contribution in [0, 0.1) is 0 Å². The lowest BCUT2D eigenvalue weighted by molar-refractivity contribution is 0.0482. The van der Waals surface area contributed by atoms with Gasteiger partial charge in [0.15, 0.2) is 5.78 Å². The zero-order chi connectivity index (χ0) is 17.4. The van der Waals surface area contributed by atoms with E-state index in [1.165, 1.54) is 0 Å². The van der Waals surface area contributed by atoms with Gasteiger partial charge in [-0.25, -0.2) is 4.79 Å². The summed E-state index contributed by atoms with van der Waals surface area (Å²) in [7, 11) is 0. The van der Waals surface area contributed by atoms with Gasteiger partial charge in [0.05, 0.1) is 18.5 Å². The third-order valence-corrected chi connectivity index (χ3v) is 4.91. The maximum atomic E-state index is 12.5. The number of rotatable bonds is 1. The molecule has 2 aliphatic heterocycles. The van der Waals surface area contributed by atoms with Crippen molar-refractivity contribution in [2.75, 3.05) is 18.4 Å². The van der Waals surface area contributed by atoms with E-state index >= 15 is 0 Å². The van der Waals surface area contributed by atoms with Gasteiger partial charge in [0, 0.05) is 23.7 Å². The normalized spacial score (nSPS) is 21.8. The van der Waals surface area contributed by atoms with E-state index in [-0.39, 0.29) is 11.8 Å². The summed E-state index contributed by atoms with van der Waals surface area (Å²) in [6.07, 6.45) is 0.932. The molecule has 1 unspecified atom stereocenters. The molecule has 2 aromatic carbocycles. The Morgan fingerprint density at radius 3 is 2.88 bits per heavy atom. The number of amides is 2. The molecule has 1 fully saturated rings. The predicted molar refractivity (Wildman–Crippen MR) is 95.4 cm³/mol. The van der Waals surface area contributed by atoms with Gasteiger partial charge >= 0.3 is 6.03 Å². The first-order chi connectivity index (χ1) is 12.0. The van der Waals surface area contributed by atoms with Gasteiger partial charge in [0.1, 0.15) is 11.4 Å². The van der Waals surface area contributed by atoms with E-state index in [0.29, 0.717) is 48.0 Å². The second kappa shape index (κ2) is 6.08. The third-order valence-electron chi connectivity index (χ3n) is 4.68. The van der Waals surface area contributed by atoms with Crippen LogP contribution in [0.5, 0.6) is 5.75 Å². The molecule has 5 nitrogen and oxygen atoms in total. The smallest absolute Gasteiger partial charge is 0.321 e. The van der Waals surface area contributed by atoms with Crippen LogP contribution in [0.15, 0.2) is 48.5 Å². The van der Waals surface area contributed by atoms with Gasteiger partial charge in [-0.2, -0.15) is 0 Å². The number of halogens is 1.